The van der Waals surface area contributed by atoms with Gasteiger partial charge in [-0.3, -0.25) is 14.5 Å². The van der Waals surface area contributed by atoms with E-state index in [0.29, 0.717) is 15.4 Å². The molecular formula is C20H16ClF3N4O4. The Morgan fingerprint density at radius 1 is 1.09 bits per heavy atom. The van der Waals surface area contributed by atoms with Crippen molar-refractivity contribution in [1.82, 2.24) is 14.8 Å². The Morgan fingerprint density at radius 2 is 1.72 bits per heavy atom. The van der Waals surface area contributed by atoms with Gasteiger partial charge in [0.25, 0.3) is 5.56 Å². The zero-order valence-electron chi connectivity index (χ0n) is 16.3. The number of halogens is 4. The number of hydrogen-bond acceptors (Lipinski definition) is 4. The monoisotopic (exact) mass is 468 g/mol. The quantitative estimate of drug-likeness (QED) is 0.577. The van der Waals surface area contributed by atoms with E-state index >= 15 is 0 Å². The molecule has 0 unspecified atom stereocenters. The molecule has 0 atom stereocenters. The number of aromatic nitrogens is 2. The van der Waals surface area contributed by atoms with Gasteiger partial charge in [-0.1, -0.05) is 41.9 Å². The molecule has 3 aromatic rings. The molecule has 0 aliphatic carbocycles. The van der Waals surface area contributed by atoms with E-state index in [4.69, 9.17) is 11.6 Å². The summed E-state index contributed by atoms with van der Waals surface area (Å²) in [6.07, 6.45) is -6.70. The van der Waals surface area contributed by atoms with E-state index in [1.165, 1.54) is 24.3 Å². The van der Waals surface area contributed by atoms with Crippen LogP contribution in [0, 0.1) is 0 Å². The molecule has 2 N–H and O–H groups in total. The summed E-state index contributed by atoms with van der Waals surface area (Å²) in [5, 5.41) is 13.8. The summed E-state index contributed by atoms with van der Waals surface area (Å²) in [6.45, 7) is -2.47. The number of fused-ring (bicyclic) bond motifs is 1. The summed E-state index contributed by atoms with van der Waals surface area (Å²) in [6, 6.07) is 12.3. The van der Waals surface area contributed by atoms with Crippen molar-refractivity contribution in [2.24, 2.45) is 0 Å². The van der Waals surface area contributed by atoms with E-state index in [9.17, 15) is 32.7 Å². The third-order valence-electron chi connectivity index (χ3n) is 4.37. The van der Waals surface area contributed by atoms with Crippen LogP contribution in [-0.4, -0.2) is 44.6 Å². The highest BCUT2D eigenvalue weighted by Gasteiger charge is 2.33. The van der Waals surface area contributed by atoms with Gasteiger partial charge in [0.2, 0.25) is 5.91 Å². The average Bonchev–Trinajstić information content (AvgIpc) is 2.71. The van der Waals surface area contributed by atoms with E-state index in [1.807, 2.05) is 0 Å². The molecule has 0 aliphatic heterocycles. The minimum absolute atomic E-state index is 0.0571. The number of nitrogens with one attached hydrogen (secondary N) is 1. The maximum absolute atomic E-state index is 12.8. The van der Waals surface area contributed by atoms with Gasteiger partial charge < -0.3 is 5.11 Å². The number of benzene rings is 2. The lowest BCUT2D eigenvalue weighted by atomic mass is 10.1. The van der Waals surface area contributed by atoms with Crippen LogP contribution in [0.15, 0.2) is 53.3 Å². The van der Waals surface area contributed by atoms with E-state index in [2.05, 4.69) is 10.5 Å². The Balaban J connectivity index is 1.94. The third kappa shape index (κ3) is 5.76. The molecule has 2 aromatic carbocycles. The van der Waals surface area contributed by atoms with Crippen LogP contribution in [-0.2, 0) is 17.8 Å². The van der Waals surface area contributed by atoms with Gasteiger partial charge in [-0.2, -0.15) is 18.3 Å². The molecule has 0 bridgehead atoms. The fourth-order valence-corrected chi connectivity index (χ4v) is 3.11. The lowest BCUT2D eigenvalue weighted by Gasteiger charge is -2.21. The molecule has 0 saturated carbocycles. The van der Waals surface area contributed by atoms with Gasteiger partial charge in [0, 0.05) is 10.4 Å². The highest BCUT2D eigenvalue weighted by Crippen LogP contribution is 2.20. The van der Waals surface area contributed by atoms with Gasteiger partial charge in [0.1, 0.15) is 6.54 Å². The maximum atomic E-state index is 12.8. The zero-order chi connectivity index (χ0) is 23.5. The van der Waals surface area contributed by atoms with Crippen LogP contribution in [0.25, 0.3) is 10.8 Å². The Kier molecular flexibility index (Phi) is 6.68. The molecule has 2 amide bonds. The highest BCUT2D eigenvalue weighted by atomic mass is 35.5. The molecule has 0 spiro atoms. The largest absolute Gasteiger partial charge is 0.465 e. The van der Waals surface area contributed by atoms with Gasteiger partial charge in [-0.05, 0) is 23.8 Å². The predicted molar refractivity (Wildman–Crippen MR) is 110 cm³/mol. The summed E-state index contributed by atoms with van der Waals surface area (Å²) in [7, 11) is 0. The normalized spacial score (nSPS) is 11.4. The van der Waals surface area contributed by atoms with Crippen molar-refractivity contribution in [3.05, 3.63) is 75.2 Å². The van der Waals surface area contributed by atoms with Crippen LogP contribution in [0.1, 0.15) is 11.3 Å². The van der Waals surface area contributed by atoms with Crippen LogP contribution in [0.2, 0.25) is 5.02 Å². The Labute approximate surface area is 183 Å². The zero-order valence-corrected chi connectivity index (χ0v) is 17.0. The van der Waals surface area contributed by atoms with Gasteiger partial charge >= 0.3 is 12.3 Å². The first-order valence-electron chi connectivity index (χ1n) is 9.13. The van der Waals surface area contributed by atoms with Crippen molar-refractivity contribution in [2.45, 2.75) is 19.1 Å². The molecule has 1 heterocycles. The van der Waals surface area contributed by atoms with Gasteiger partial charge in [0.15, 0.2) is 0 Å². The lowest BCUT2D eigenvalue weighted by Crippen LogP contribution is -2.40. The Hall–Kier alpha value is -3.60. The number of hydrogen-bond donors (Lipinski definition) is 2. The number of amides is 2. The van der Waals surface area contributed by atoms with Crippen molar-refractivity contribution in [3.63, 3.8) is 0 Å². The van der Waals surface area contributed by atoms with Gasteiger partial charge in [0.05, 0.1) is 24.0 Å². The van der Waals surface area contributed by atoms with E-state index in [-0.39, 0.29) is 27.8 Å². The standard InChI is InChI=1S/C20H16ClF3N4O4/c21-13-7-5-12(6-8-13)9-17(29)26-28-18(30)15-4-2-1-3-14(15)16(25-28)10-27(19(31)32)11-20(22,23)24/h1-8H,9-11H2,(H,26,29)(H,31,32). The third-order valence-corrected chi connectivity index (χ3v) is 4.62. The Bertz CT molecular complexity index is 1210. The second kappa shape index (κ2) is 9.27. The minimum atomic E-state index is -4.77. The average molecular weight is 469 g/mol. The number of carbonyl (C=O) groups excluding carboxylic acids is 1. The first-order chi connectivity index (χ1) is 15.0. The molecule has 1 aromatic heterocycles. The fraction of sp³-hybridized carbons (Fsp3) is 0.200. The highest BCUT2D eigenvalue weighted by molar-refractivity contribution is 6.30. The molecule has 32 heavy (non-hydrogen) atoms. The molecule has 12 heteroatoms. The van der Waals surface area contributed by atoms with Crippen molar-refractivity contribution < 1.29 is 27.9 Å². The second-order valence-corrected chi connectivity index (χ2v) is 7.24. The SMILES string of the molecule is O=C(Cc1ccc(Cl)cc1)Nn1nc(CN(CC(F)(F)F)C(=O)O)c2ccccc2c1=O. The first kappa shape index (κ1) is 23.1. The summed E-state index contributed by atoms with van der Waals surface area (Å²) in [4.78, 5) is 37.2. The van der Waals surface area contributed by atoms with E-state index < -0.39 is 36.8 Å². The van der Waals surface area contributed by atoms with Crippen molar-refractivity contribution >= 4 is 34.4 Å². The van der Waals surface area contributed by atoms with Crippen LogP contribution in [0.3, 0.4) is 0 Å². The predicted octanol–water partition coefficient (Wildman–Crippen LogP) is 3.41. The first-order valence-corrected chi connectivity index (χ1v) is 9.51. The minimum Gasteiger partial charge on any atom is -0.465 e. The number of rotatable bonds is 6. The number of carbonyl (C=O) groups is 2. The number of nitrogens with zero attached hydrogens (tertiary/aromatic N) is 3. The Morgan fingerprint density at radius 3 is 2.31 bits per heavy atom. The van der Waals surface area contributed by atoms with Gasteiger partial charge in [-0.25, -0.2) is 10.2 Å². The molecule has 0 fully saturated rings. The summed E-state index contributed by atoms with van der Waals surface area (Å²) in [5.41, 5.74) is 2.05. The summed E-state index contributed by atoms with van der Waals surface area (Å²) in [5.74, 6) is -0.617. The van der Waals surface area contributed by atoms with Crippen LogP contribution in [0.4, 0.5) is 18.0 Å². The molecule has 8 nitrogen and oxygen atoms in total. The number of carboxylic acid groups (broad SMARTS) is 1. The van der Waals surface area contributed by atoms with Crippen molar-refractivity contribution in [3.8, 4) is 0 Å². The van der Waals surface area contributed by atoms with E-state index in [0.717, 1.165) is 0 Å². The van der Waals surface area contributed by atoms with Crippen LogP contribution < -0.4 is 11.0 Å². The fourth-order valence-electron chi connectivity index (χ4n) is 2.98. The maximum Gasteiger partial charge on any atom is 0.407 e. The van der Waals surface area contributed by atoms with E-state index in [1.54, 1.807) is 24.3 Å². The molecule has 0 radical (unpaired) electrons. The van der Waals surface area contributed by atoms with Crippen LogP contribution >= 0.6 is 11.6 Å². The smallest absolute Gasteiger partial charge is 0.407 e. The topological polar surface area (TPSA) is 105 Å². The lowest BCUT2D eigenvalue weighted by molar-refractivity contribution is -0.142. The molecule has 0 aliphatic rings. The van der Waals surface area contributed by atoms with Crippen molar-refractivity contribution in [1.29, 1.82) is 0 Å². The second-order valence-electron chi connectivity index (χ2n) is 6.80. The molecule has 3 rings (SSSR count). The molecule has 0 saturated heterocycles. The van der Waals surface area contributed by atoms with Gasteiger partial charge in [-0.15, -0.1) is 4.79 Å². The summed E-state index contributed by atoms with van der Waals surface area (Å²) >= 11 is 5.80. The summed E-state index contributed by atoms with van der Waals surface area (Å²) < 4.78 is 38.4. The molecular weight excluding hydrogens is 453 g/mol. The van der Waals surface area contributed by atoms with Crippen LogP contribution in [0.5, 0.6) is 0 Å². The van der Waals surface area contributed by atoms with Crippen molar-refractivity contribution in [2.75, 3.05) is 12.0 Å². The number of alkyl halides is 3. The molecule has 168 valence electrons.